The third-order valence-corrected chi connectivity index (χ3v) is 7.20. The van der Waals surface area contributed by atoms with Gasteiger partial charge in [-0.1, -0.05) is 43.3 Å². The fraction of sp³-hybridized carbons (Fsp3) is 0.269. The van der Waals surface area contributed by atoms with Crippen molar-refractivity contribution in [3.05, 3.63) is 90.0 Å². The highest BCUT2D eigenvalue weighted by Crippen LogP contribution is 2.23. The summed E-state index contributed by atoms with van der Waals surface area (Å²) in [6, 6.07) is 22.8. The van der Waals surface area contributed by atoms with Crippen LogP contribution in [0.15, 0.2) is 83.8 Å². The molecule has 172 valence electrons. The van der Waals surface area contributed by atoms with E-state index < -0.39 is 10.0 Å². The van der Waals surface area contributed by atoms with Crippen molar-refractivity contribution >= 4 is 21.6 Å². The Bertz CT molecular complexity index is 1190. The molecular weight excluding hydrogens is 436 g/mol. The van der Waals surface area contributed by atoms with Crippen molar-refractivity contribution in [1.82, 2.24) is 4.90 Å². The lowest BCUT2D eigenvalue weighted by Crippen LogP contribution is -2.37. The second kappa shape index (κ2) is 10.1. The summed E-state index contributed by atoms with van der Waals surface area (Å²) in [6.07, 6.45) is 1.94. The molecule has 6 nitrogen and oxygen atoms in total. The largest absolute Gasteiger partial charge is 0.489 e. The van der Waals surface area contributed by atoms with Crippen LogP contribution < -0.4 is 9.46 Å². The molecule has 0 bridgehead atoms. The fourth-order valence-electron chi connectivity index (χ4n) is 3.76. The fourth-order valence-corrected chi connectivity index (χ4v) is 4.87. The Morgan fingerprint density at radius 3 is 2.36 bits per heavy atom. The van der Waals surface area contributed by atoms with Gasteiger partial charge in [-0.05, 0) is 66.8 Å². The number of benzene rings is 3. The molecule has 4 rings (SSSR count). The van der Waals surface area contributed by atoms with Gasteiger partial charge >= 0.3 is 0 Å². The molecular formula is C26H28N2O4S. The van der Waals surface area contributed by atoms with Crippen LogP contribution in [0.1, 0.15) is 35.7 Å². The molecule has 1 saturated heterocycles. The monoisotopic (exact) mass is 464 g/mol. The van der Waals surface area contributed by atoms with Gasteiger partial charge in [0.15, 0.2) is 0 Å². The number of hydrogen-bond donors (Lipinski definition) is 1. The van der Waals surface area contributed by atoms with E-state index in [1.54, 1.807) is 41.3 Å². The topological polar surface area (TPSA) is 75.7 Å². The maximum absolute atomic E-state index is 12.9. The van der Waals surface area contributed by atoms with Crippen LogP contribution in [0.25, 0.3) is 0 Å². The minimum Gasteiger partial charge on any atom is -0.489 e. The summed E-state index contributed by atoms with van der Waals surface area (Å²) in [4.78, 5) is 14.7. The molecule has 0 aliphatic carbocycles. The van der Waals surface area contributed by atoms with Crippen LogP contribution in [0, 0.1) is 5.92 Å². The van der Waals surface area contributed by atoms with Gasteiger partial charge in [0.2, 0.25) is 0 Å². The summed E-state index contributed by atoms with van der Waals surface area (Å²) in [5.74, 6) is 1.13. The van der Waals surface area contributed by atoms with Gasteiger partial charge in [-0.3, -0.25) is 9.52 Å². The first-order valence-corrected chi connectivity index (χ1v) is 12.6. The third kappa shape index (κ3) is 5.93. The van der Waals surface area contributed by atoms with Crippen molar-refractivity contribution < 1.29 is 17.9 Å². The van der Waals surface area contributed by atoms with Gasteiger partial charge in [0, 0.05) is 24.3 Å². The summed E-state index contributed by atoms with van der Waals surface area (Å²) in [5, 5.41) is 0. The zero-order chi connectivity index (χ0) is 23.3. The maximum atomic E-state index is 12.9. The molecule has 1 aliphatic rings. The van der Waals surface area contributed by atoms with E-state index in [1.807, 2.05) is 30.3 Å². The van der Waals surface area contributed by atoms with E-state index in [2.05, 4.69) is 11.6 Å². The Labute approximate surface area is 195 Å². The molecule has 0 unspecified atom stereocenters. The van der Waals surface area contributed by atoms with Crippen molar-refractivity contribution in [3.63, 3.8) is 0 Å². The van der Waals surface area contributed by atoms with Crippen molar-refractivity contribution in [3.8, 4) is 5.75 Å². The lowest BCUT2D eigenvalue weighted by Gasteiger charge is -2.30. The molecule has 1 aliphatic heterocycles. The number of piperidine rings is 1. The SMILES string of the molecule is CC1CCN(C(=O)c2cccc(S(=O)(=O)Nc3ccc(OCc4ccccc4)cc3)c2)CC1. The smallest absolute Gasteiger partial charge is 0.261 e. The molecule has 0 aromatic heterocycles. The van der Waals surface area contributed by atoms with E-state index in [1.165, 1.54) is 12.1 Å². The molecule has 1 heterocycles. The Morgan fingerprint density at radius 1 is 0.970 bits per heavy atom. The number of carbonyl (C=O) groups is 1. The van der Waals surface area contributed by atoms with Crippen LogP contribution in [-0.2, 0) is 16.6 Å². The number of rotatable bonds is 7. The minimum atomic E-state index is -3.84. The standard InChI is InChI=1S/C26H28N2O4S/c1-20-14-16-28(17-15-20)26(29)22-8-5-9-25(18-22)33(30,31)27-23-10-12-24(13-11-23)32-19-21-6-3-2-4-7-21/h2-13,18,20,27H,14-17,19H2,1H3. The van der Waals surface area contributed by atoms with Crippen LogP contribution >= 0.6 is 0 Å². The van der Waals surface area contributed by atoms with Gasteiger partial charge in [-0.2, -0.15) is 0 Å². The number of nitrogens with one attached hydrogen (secondary N) is 1. The van der Waals surface area contributed by atoms with E-state index in [0.717, 1.165) is 18.4 Å². The highest BCUT2D eigenvalue weighted by molar-refractivity contribution is 7.92. The molecule has 33 heavy (non-hydrogen) atoms. The Balaban J connectivity index is 1.41. The number of carbonyl (C=O) groups excluding carboxylic acids is 1. The van der Waals surface area contributed by atoms with Gasteiger partial charge < -0.3 is 9.64 Å². The molecule has 0 atom stereocenters. The first-order valence-electron chi connectivity index (χ1n) is 11.1. The second-order valence-corrected chi connectivity index (χ2v) is 10.1. The van der Waals surface area contributed by atoms with Crippen molar-refractivity contribution in [2.45, 2.75) is 31.3 Å². The van der Waals surface area contributed by atoms with Crippen LogP contribution in [0.3, 0.4) is 0 Å². The molecule has 3 aromatic carbocycles. The Morgan fingerprint density at radius 2 is 1.67 bits per heavy atom. The molecule has 0 spiro atoms. The van der Waals surface area contributed by atoms with Gasteiger partial charge in [-0.15, -0.1) is 0 Å². The minimum absolute atomic E-state index is 0.0585. The summed E-state index contributed by atoms with van der Waals surface area (Å²) in [5.41, 5.74) is 1.86. The van der Waals surface area contributed by atoms with E-state index >= 15 is 0 Å². The Hall–Kier alpha value is -3.32. The van der Waals surface area contributed by atoms with Gasteiger partial charge in [-0.25, -0.2) is 8.42 Å². The van der Waals surface area contributed by atoms with Crippen LogP contribution in [0.4, 0.5) is 5.69 Å². The molecule has 1 N–H and O–H groups in total. The molecule has 1 amide bonds. The summed E-state index contributed by atoms with van der Waals surface area (Å²) >= 11 is 0. The summed E-state index contributed by atoms with van der Waals surface area (Å²) in [7, 11) is -3.84. The van der Waals surface area contributed by atoms with Gasteiger partial charge in [0.1, 0.15) is 12.4 Å². The van der Waals surface area contributed by atoms with Crippen molar-refractivity contribution in [1.29, 1.82) is 0 Å². The summed E-state index contributed by atoms with van der Waals surface area (Å²) < 4.78 is 34.2. The van der Waals surface area contributed by atoms with Gasteiger partial charge in [0.25, 0.3) is 15.9 Å². The number of likely N-dealkylation sites (tertiary alicyclic amines) is 1. The number of ether oxygens (including phenoxy) is 1. The van der Waals surface area contributed by atoms with E-state index in [-0.39, 0.29) is 10.8 Å². The predicted octanol–water partition coefficient (Wildman–Crippen LogP) is 4.94. The first-order chi connectivity index (χ1) is 15.9. The van der Waals surface area contributed by atoms with Crippen LogP contribution in [-0.4, -0.2) is 32.3 Å². The lowest BCUT2D eigenvalue weighted by molar-refractivity contribution is 0.0697. The molecule has 7 heteroatoms. The van der Waals surface area contributed by atoms with Crippen LogP contribution in [0.2, 0.25) is 0 Å². The van der Waals surface area contributed by atoms with Crippen molar-refractivity contribution in [2.24, 2.45) is 5.92 Å². The highest BCUT2D eigenvalue weighted by atomic mass is 32.2. The van der Waals surface area contributed by atoms with Crippen molar-refractivity contribution in [2.75, 3.05) is 17.8 Å². The average Bonchev–Trinajstić information content (AvgIpc) is 2.84. The highest BCUT2D eigenvalue weighted by Gasteiger charge is 2.23. The molecule has 0 radical (unpaired) electrons. The number of nitrogens with zero attached hydrogens (tertiary/aromatic N) is 1. The third-order valence-electron chi connectivity index (χ3n) is 5.82. The van der Waals surface area contributed by atoms with Gasteiger partial charge in [0.05, 0.1) is 4.90 Å². The summed E-state index contributed by atoms with van der Waals surface area (Å²) in [6.45, 7) is 4.02. The average molecular weight is 465 g/mol. The number of hydrogen-bond acceptors (Lipinski definition) is 4. The predicted molar refractivity (Wildman–Crippen MR) is 129 cm³/mol. The molecule has 1 fully saturated rings. The van der Waals surface area contributed by atoms with Crippen LogP contribution in [0.5, 0.6) is 5.75 Å². The Kier molecular flexibility index (Phi) is 6.99. The maximum Gasteiger partial charge on any atom is 0.261 e. The zero-order valence-corrected chi connectivity index (χ0v) is 19.4. The normalized spacial score (nSPS) is 14.6. The van der Waals surface area contributed by atoms with E-state index in [0.29, 0.717) is 42.6 Å². The number of anilines is 1. The first kappa shape index (κ1) is 22.9. The lowest BCUT2D eigenvalue weighted by atomic mass is 9.98. The quantitative estimate of drug-likeness (QED) is 0.537. The zero-order valence-electron chi connectivity index (χ0n) is 18.6. The van der Waals surface area contributed by atoms with E-state index in [9.17, 15) is 13.2 Å². The molecule has 0 saturated carbocycles. The number of sulfonamides is 1. The number of amides is 1. The molecule has 3 aromatic rings. The second-order valence-electron chi connectivity index (χ2n) is 8.41. The van der Waals surface area contributed by atoms with E-state index in [4.69, 9.17) is 4.74 Å².